The molecule has 2 atom stereocenters. The van der Waals surface area contributed by atoms with Gasteiger partial charge in [-0.15, -0.1) is 0 Å². The van der Waals surface area contributed by atoms with Crippen LogP contribution in [0.3, 0.4) is 0 Å². The van der Waals surface area contributed by atoms with Gasteiger partial charge in [-0.05, 0) is 30.9 Å². The van der Waals surface area contributed by atoms with E-state index in [0.29, 0.717) is 34.3 Å². The fourth-order valence-electron chi connectivity index (χ4n) is 5.74. The molecule has 0 saturated heterocycles. The van der Waals surface area contributed by atoms with Crippen LogP contribution in [-0.4, -0.2) is 26.5 Å². The molecular formula is C25H21F2N3O5. The number of esters is 1. The molecule has 3 aliphatic rings. The molecule has 3 aromatic rings. The van der Waals surface area contributed by atoms with Gasteiger partial charge in [-0.25, -0.2) is 18.6 Å². The first-order chi connectivity index (χ1) is 16.7. The number of hydrogen-bond donors (Lipinski definition) is 2. The van der Waals surface area contributed by atoms with Crippen LogP contribution in [0.15, 0.2) is 16.9 Å². The third-order valence-electron chi connectivity index (χ3n) is 7.42. The lowest BCUT2D eigenvalue weighted by atomic mass is 9.83. The Morgan fingerprint density at radius 3 is 2.77 bits per heavy atom. The third kappa shape index (κ3) is 2.80. The van der Waals surface area contributed by atoms with E-state index in [9.17, 15) is 28.3 Å². The SMILES string of the molecule is CC[C@@]1(O)C(=O)OCc2c1cc1n(c2=O)Cc2c-1nc1cc(F)c(F)c3c1c2C(NC(C)=O)CC3. The largest absolute Gasteiger partial charge is 0.458 e. The predicted octanol–water partition coefficient (Wildman–Crippen LogP) is 2.48. The second-order valence-corrected chi connectivity index (χ2v) is 9.29. The van der Waals surface area contributed by atoms with E-state index < -0.39 is 34.8 Å². The molecule has 4 heterocycles. The maximum absolute atomic E-state index is 14.8. The van der Waals surface area contributed by atoms with Crippen molar-refractivity contribution in [2.45, 2.75) is 57.9 Å². The average Bonchev–Trinajstić information content (AvgIpc) is 3.19. The van der Waals surface area contributed by atoms with Crippen molar-refractivity contribution in [3.63, 3.8) is 0 Å². The fraction of sp³-hybridized carbons (Fsp3) is 0.360. The number of carbonyl (C=O) groups excluding carboxylic acids is 2. The number of amides is 1. The summed E-state index contributed by atoms with van der Waals surface area (Å²) in [6.07, 6.45) is 0.588. The molecule has 1 aliphatic carbocycles. The first-order valence-corrected chi connectivity index (χ1v) is 11.4. The highest BCUT2D eigenvalue weighted by Gasteiger charge is 2.46. The number of cyclic esters (lactones) is 1. The summed E-state index contributed by atoms with van der Waals surface area (Å²) >= 11 is 0. The van der Waals surface area contributed by atoms with E-state index in [4.69, 9.17) is 4.74 Å². The second-order valence-electron chi connectivity index (χ2n) is 9.29. The van der Waals surface area contributed by atoms with Crippen molar-refractivity contribution in [2.75, 3.05) is 0 Å². The molecule has 0 bridgehead atoms. The molecule has 2 aromatic heterocycles. The van der Waals surface area contributed by atoms with Crippen LogP contribution in [0.5, 0.6) is 0 Å². The van der Waals surface area contributed by atoms with Gasteiger partial charge in [0, 0.05) is 35.1 Å². The molecule has 1 amide bonds. The molecule has 6 rings (SSSR count). The average molecular weight is 481 g/mol. The summed E-state index contributed by atoms with van der Waals surface area (Å²) in [7, 11) is 0. The molecule has 0 fully saturated rings. The number of aromatic nitrogens is 2. The quantitative estimate of drug-likeness (QED) is 0.426. The molecule has 2 aliphatic heterocycles. The summed E-state index contributed by atoms with van der Waals surface area (Å²) in [6, 6.07) is 2.11. The summed E-state index contributed by atoms with van der Waals surface area (Å²) in [5.41, 5.74) is 0.323. The molecule has 0 saturated carbocycles. The van der Waals surface area contributed by atoms with Gasteiger partial charge in [0.15, 0.2) is 17.2 Å². The molecule has 0 radical (unpaired) electrons. The summed E-state index contributed by atoms with van der Waals surface area (Å²) in [4.78, 5) is 42.4. The van der Waals surface area contributed by atoms with Gasteiger partial charge in [-0.1, -0.05) is 6.92 Å². The first kappa shape index (κ1) is 21.8. The minimum atomic E-state index is -1.97. The molecule has 1 aromatic carbocycles. The zero-order chi connectivity index (χ0) is 24.8. The van der Waals surface area contributed by atoms with Crippen LogP contribution in [0.25, 0.3) is 22.3 Å². The Labute approximate surface area is 197 Å². The van der Waals surface area contributed by atoms with Crippen molar-refractivity contribution in [1.82, 2.24) is 14.9 Å². The van der Waals surface area contributed by atoms with Crippen molar-refractivity contribution < 1.29 is 28.2 Å². The normalized spacial score (nSPS) is 21.9. The highest BCUT2D eigenvalue weighted by Crippen LogP contribution is 2.45. The van der Waals surface area contributed by atoms with Gasteiger partial charge in [0.05, 0.1) is 35.1 Å². The van der Waals surface area contributed by atoms with Crippen LogP contribution in [0.2, 0.25) is 0 Å². The molecular weight excluding hydrogens is 460 g/mol. The van der Waals surface area contributed by atoms with Crippen LogP contribution in [0.4, 0.5) is 8.78 Å². The Morgan fingerprint density at radius 1 is 1.29 bits per heavy atom. The number of halogens is 2. The van der Waals surface area contributed by atoms with E-state index in [1.54, 1.807) is 13.0 Å². The summed E-state index contributed by atoms with van der Waals surface area (Å²) in [5, 5.41) is 14.4. The van der Waals surface area contributed by atoms with E-state index in [1.165, 1.54) is 11.5 Å². The van der Waals surface area contributed by atoms with Crippen LogP contribution in [-0.2, 0) is 39.5 Å². The number of hydrogen-bond acceptors (Lipinski definition) is 6. The number of pyridine rings is 2. The molecule has 2 N–H and O–H groups in total. The van der Waals surface area contributed by atoms with Crippen LogP contribution < -0.4 is 10.9 Å². The highest BCUT2D eigenvalue weighted by molar-refractivity contribution is 5.93. The number of ether oxygens (including phenoxy) is 1. The fourth-order valence-corrected chi connectivity index (χ4v) is 5.74. The van der Waals surface area contributed by atoms with Gasteiger partial charge < -0.3 is 19.7 Å². The number of nitrogens with one attached hydrogen (secondary N) is 1. The molecule has 35 heavy (non-hydrogen) atoms. The number of rotatable bonds is 2. The van der Waals surface area contributed by atoms with E-state index in [0.717, 1.165) is 6.07 Å². The Hall–Kier alpha value is -3.66. The summed E-state index contributed by atoms with van der Waals surface area (Å²) in [6.45, 7) is 2.84. The Bertz CT molecular complexity index is 1560. The van der Waals surface area contributed by atoms with Crippen LogP contribution >= 0.6 is 0 Å². The number of nitrogens with zero attached hydrogens (tertiary/aromatic N) is 2. The van der Waals surface area contributed by atoms with Gasteiger partial charge in [-0.2, -0.15) is 0 Å². The monoisotopic (exact) mass is 481 g/mol. The Kier molecular flexibility index (Phi) is 4.48. The maximum Gasteiger partial charge on any atom is 0.343 e. The van der Waals surface area contributed by atoms with Crippen molar-refractivity contribution in [3.05, 3.63) is 61.9 Å². The summed E-state index contributed by atoms with van der Waals surface area (Å²) < 4.78 is 35.8. The lowest BCUT2D eigenvalue weighted by Crippen LogP contribution is -2.44. The van der Waals surface area contributed by atoms with Crippen molar-refractivity contribution in [1.29, 1.82) is 0 Å². The van der Waals surface area contributed by atoms with E-state index in [-0.39, 0.29) is 54.1 Å². The first-order valence-electron chi connectivity index (χ1n) is 11.4. The lowest BCUT2D eigenvalue weighted by Gasteiger charge is -2.31. The Morgan fingerprint density at radius 2 is 2.06 bits per heavy atom. The molecule has 0 spiro atoms. The van der Waals surface area contributed by atoms with Crippen molar-refractivity contribution >= 4 is 22.8 Å². The van der Waals surface area contributed by atoms with Gasteiger partial charge in [0.25, 0.3) is 5.56 Å². The zero-order valence-electron chi connectivity index (χ0n) is 19.0. The smallest absolute Gasteiger partial charge is 0.343 e. The van der Waals surface area contributed by atoms with E-state index in [2.05, 4.69) is 10.3 Å². The third-order valence-corrected chi connectivity index (χ3v) is 7.42. The van der Waals surface area contributed by atoms with E-state index in [1.807, 2.05) is 0 Å². The topological polar surface area (TPSA) is 111 Å². The summed E-state index contributed by atoms with van der Waals surface area (Å²) in [5.74, 6) is -3.06. The van der Waals surface area contributed by atoms with Gasteiger partial charge >= 0.3 is 5.97 Å². The molecule has 10 heteroatoms. The van der Waals surface area contributed by atoms with Gasteiger partial charge in [0.2, 0.25) is 5.91 Å². The van der Waals surface area contributed by atoms with Crippen molar-refractivity contribution in [2.24, 2.45) is 0 Å². The maximum atomic E-state index is 14.8. The number of carbonyl (C=O) groups is 2. The van der Waals surface area contributed by atoms with Gasteiger partial charge in [-0.3, -0.25) is 9.59 Å². The number of fused-ring (bicyclic) bond motifs is 5. The van der Waals surface area contributed by atoms with E-state index >= 15 is 0 Å². The standard InChI is InChI=1S/C25H21F2N3O5/c1-3-25(34)14-6-18-22-12(8-30(18)23(32)13(14)9-35-24(25)33)20-16(28-10(2)31)5-4-11-19(20)17(29-22)7-15(26)21(11)27/h6-7,16,34H,3-5,8-9H2,1-2H3,(H,28,31)/t16?,25-/m0/s1. The predicted molar refractivity (Wildman–Crippen MR) is 119 cm³/mol. The minimum absolute atomic E-state index is 0.00341. The van der Waals surface area contributed by atoms with Gasteiger partial charge in [0.1, 0.15) is 6.61 Å². The number of aryl methyl sites for hydroxylation is 1. The van der Waals surface area contributed by atoms with Crippen LogP contribution in [0.1, 0.15) is 60.5 Å². The lowest BCUT2D eigenvalue weighted by molar-refractivity contribution is -0.172. The van der Waals surface area contributed by atoms with Crippen LogP contribution in [0, 0.1) is 11.6 Å². The second kappa shape index (κ2) is 7.17. The zero-order valence-corrected chi connectivity index (χ0v) is 19.0. The number of aliphatic hydroxyl groups is 1. The molecule has 8 nitrogen and oxygen atoms in total. The van der Waals surface area contributed by atoms with Crippen molar-refractivity contribution in [3.8, 4) is 11.4 Å². The highest BCUT2D eigenvalue weighted by atomic mass is 19.2. The minimum Gasteiger partial charge on any atom is -0.458 e. The molecule has 180 valence electrons. The number of benzene rings is 1. The Balaban J connectivity index is 1.68. The molecule has 1 unspecified atom stereocenters.